The van der Waals surface area contributed by atoms with Gasteiger partial charge in [0.05, 0.1) is 18.7 Å². The van der Waals surface area contributed by atoms with Gasteiger partial charge in [0.2, 0.25) is 5.91 Å². The second-order valence-electron chi connectivity index (χ2n) is 7.10. The highest BCUT2D eigenvalue weighted by atomic mass is 35.5. The van der Waals surface area contributed by atoms with E-state index in [0.717, 1.165) is 11.3 Å². The number of hydrogen-bond acceptors (Lipinski definition) is 3. The Bertz CT molecular complexity index is 902. The van der Waals surface area contributed by atoms with Gasteiger partial charge in [-0.1, -0.05) is 36.7 Å². The van der Waals surface area contributed by atoms with E-state index in [4.69, 9.17) is 11.6 Å². The lowest BCUT2D eigenvalue weighted by atomic mass is 9.72. The third kappa shape index (κ3) is 3.02. The lowest BCUT2D eigenvalue weighted by Crippen LogP contribution is -2.70. The maximum Gasteiger partial charge on any atom is 0.326 e. The van der Waals surface area contributed by atoms with E-state index in [0.29, 0.717) is 23.7 Å². The summed E-state index contributed by atoms with van der Waals surface area (Å²) < 4.78 is 0. The predicted molar refractivity (Wildman–Crippen MR) is 109 cm³/mol. The van der Waals surface area contributed by atoms with Crippen LogP contribution in [0.4, 0.5) is 16.2 Å². The van der Waals surface area contributed by atoms with E-state index in [1.165, 1.54) is 0 Å². The molecule has 0 radical (unpaired) electrons. The van der Waals surface area contributed by atoms with Crippen LogP contribution >= 0.6 is 11.6 Å². The number of hydrogen-bond donors (Lipinski definition) is 2. The van der Waals surface area contributed by atoms with Gasteiger partial charge in [0, 0.05) is 35.3 Å². The Morgan fingerprint density at radius 1 is 1.18 bits per heavy atom. The van der Waals surface area contributed by atoms with Crippen molar-refractivity contribution in [1.82, 2.24) is 4.90 Å². The zero-order chi connectivity index (χ0) is 19.8. The summed E-state index contributed by atoms with van der Waals surface area (Å²) in [5.74, 6) is 0.0361. The van der Waals surface area contributed by atoms with Crippen LogP contribution in [0.15, 0.2) is 48.5 Å². The van der Waals surface area contributed by atoms with Crippen LogP contribution in [-0.4, -0.2) is 47.2 Å². The van der Waals surface area contributed by atoms with Gasteiger partial charge in [-0.15, -0.1) is 0 Å². The van der Waals surface area contributed by atoms with Crippen LogP contribution in [0.3, 0.4) is 0 Å². The first kappa shape index (κ1) is 18.8. The second-order valence-corrected chi connectivity index (χ2v) is 7.54. The minimum absolute atomic E-state index is 0.00209. The topological polar surface area (TPSA) is 72.9 Å². The number of likely N-dealkylation sites (tertiary alicyclic amines) is 1. The van der Waals surface area contributed by atoms with Gasteiger partial charge in [-0.2, -0.15) is 0 Å². The molecule has 28 heavy (non-hydrogen) atoms. The molecule has 2 heterocycles. The van der Waals surface area contributed by atoms with Gasteiger partial charge < -0.3 is 15.3 Å². The highest BCUT2D eigenvalue weighted by Gasteiger charge is 2.54. The van der Waals surface area contributed by atoms with E-state index in [1.54, 1.807) is 34.1 Å². The highest BCUT2D eigenvalue weighted by Crippen LogP contribution is 2.48. The minimum atomic E-state index is -0.260. The zero-order valence-corrected chi connectivity index (χ0v) is 16.3. The average Bonchev–Trinajstić information content (AvgIpc) is 2.69. The van der Waals surface area contributed by atoms with Crippen LogP contribution in [0.25, 0.3) is 0 Å². The Balaban J connectivity index is 1.65. The molecule has 146 valence electrons. The third-order valence-corrected chi connectivity index (χ3v) is 5.87. The van der Waals surface area contributed by atoms with Crippen molar-refractivity contribution in [1.29, 1.82) is 0 Å². The molecule has 0 aromatic heterocycles. The number of para-hydroxylation sites is 1. The number of nitrogens with zero attached hydrogens (tertiary/aromatic N) is 2. The molecule has 6 nitrogen and oxygen atoms in total. The summed E-state index contributed by atoms with van der Waals surface area (Å²) in [6.45, 7) is 2.12. The number of aliphatic hydroxyl groups is 1. The molecule has 1 saturated heterocycles. The van der Waals surface area contributed by atoms with E-state index in [2.05, 4.69) is 5.32 Å². The first-order valence-corrected chi connectivity index (χ1v) is 9.78. The van der Waals surface area contributed by atoms with Crippen molar-refractivity contribution >= 4 is 34.9 Å². The third-order valence-electron chi connectivity index (χ3n) is 5.62. The normalized spacial score (nSPS) is 22.8. The minimum Gasteiger partial charge on any atom is -0.394 e. The van der Waals surface area contributed by atoms with E-state index in [9.17, 15) is 14.7 Å². The summed E-state index contributed by atoms with van der Waals surface area (Å²) in [6, 6.07) is 14.0. The van der Waals surface area contributed by atoms with Crippen molar-refractivity contribution in [3.8, 4) is 0 Å². The smallest absolute Gasteiger partial charge is 0.326 e. The van der Waals surface area contributed by atoms with Gasteiger partial charge >= 0.3 is 6.03 Å². The standard InChI is InChI=1S/C21H22ClN3O3/c1-2-19(27)25-17-11-24(21(28)23-14-9-7-13(22)8-10-14)16-6-4-3-5-15(16)20(17)18(25)12-26/h3-10,17-18,20,26H,2,11-12H2,1H3,(H,23,28)/t17-,18+,20+/m1/s1. The van der Waals surface area contributed by atoms with Crippen molar-refractivity contribution in [3.63, 3.8) is 0 Å². The summed E-state index contributed by atoms with van der Waals surface area (Å²) in [5.41, 5.74) is 2.46. The van der Waals surface area contributed by atoms with E-state index < -0.39 is 0 Å². The monoisotopic (exact) mass is 399 g/mol. The van der Waals surface area contributed by atoms with Crippen molar-refractivity contribution in [3.05, 3.63) is 59.1 Å². The molecule has 2 aromatic carbocycles. The number of carbonyl (C=O) groups is 2. The van der Waals surface area contributed by atoms with Gasteiger partial charge in [-0.3, -0.25) is 9.69 Å². The zero-order valence-electron chi connectivity index (χ0n) is 15.5. The van der Waals surface area contributed by atoms with E-state index in [1.807, 2.05) is 31.2 Å². The first-order chi connectivity index (χ1) is 13.5. The molecule has 7 heteroatoms. The summed E-state index contributed by atoms with van der Waals surface area (Å²) in [5, 5.41) is 13.4. The quantitative estimate of drug-likeness (QED) is 0.830. The molecule has 0 aliphatic carbocycles. The number of benzene rings is 2. The number of rotatable bonds is 3. The number of anilines is 2. The summed E-state index contributed by atoms with van der Waals surface area (Å²) in [7, 11) is 0. The fourth-order valence-corrected chi connectivity index (χ4v) is 4.46. The molecule has 0 bridgehead atoms. The van der Waals surface area contributed by atoms with Crippen LogP contribution in [0.1, 0.15) is 24.8 Å². The summed E-state index contributed by atoms with van der Waals surface area (Å²) in [6.07, 6.45) is 0.373. The highest BCUT2D eigenvalue weighted by molar-refractivity contribution is 6.30. The van der Waals surface area contributed by atoms with Gasteiger partial charge in [-0.05, 0) is 35.9 Å². The molecular weight excluding hydrogens is 378 g/mol. The largest absolute Gasteiger partial charge is 0.394 e. The molecule has 2 aliphatic rings. The van der Waals surface area contributed by atoms with Crippen molar-refractivity contribution in [2.24, 2.45) is 0 Å². The van der Waals surface area contributed by atoms with E-state index in [-0.39, 0.29) is 36.5 Å². The second kappa shape index (κ2) is 7.45. The van der Waals surface area contributed by atoms with Gasteiger partial charge in [0.1, 0.15) is 0 Å². The SMILES string of the molecule is CCC(=O)N1[C@@H]2CN(C(=O)Nc3ccc(Cl)cc3)c3ccccc3[C@@H]2[C@@H]1CO. The van der Waals surface area contributed by atoms with Crippen molar-refractivity contribution in [2.75, 3.05) is 23.4 Å². The number of aliphatic hydroxyl groups excluding tert-OH is 1. The molecule has 3 amide bonds. The average molecular weight is 400 g/mol. The summed E-state index contributed by atoms with van der Waals surface area (Å²) in [4.78, 5) is 28.8. The molecular formula is C21H22ClN3O3. The van der Waals surface area contributed by atoms with Crippen molar-refractivity contribution in [2.45, 2.75) is 31.3 Å². The molecule has 0 unspecified atom stereocenters. The fraction of sp³-hybridized carbons (Fsp3) is 0.333. The number of carbonyl (C=O) groups excluding carboxylic acids is 2. The molecule has 3 atom stereocenters. The summed E-state index contributed by atoms with van der Waals surface area (Å²) >= 11 is 5.91. The van der Waals surface area contributed by atoms with Crippen LogP contribution < -0.4 is 10.2 Å². The number of urea groups is 1. The Kier molecular flexibility index (Phi) is 5.00. The van der Waals surface area contributed by atoms with Crippen LogP contribution in [0.2, 0.25) is 5.02 Å². The Hall–Kier alpha value is -2.57. The Morgan fingerprint density at radius 3 is 2.57 bits per heavy atom. The maximum atomic E-state index is 13.0. The lowest BCUT2D eigenvalue weighted by Gasteiger charge is -2.58. The lowest BCUT2D eigenvalue weighted by molar-refractivity contribution is -0.149. The first-order valence-electron chi connectivity index (χ1n) is 9.40. The Labute approximate surface area is 168 Å². The number of fused-ring (bicyclic) bond motifs is 3. The molecule has 0 saturated carbocycles. The van der Waals surface area contributed by atoms with Gasteiger partial charge in [0.15, 0.2) is 0 Å². The van der Waals surface area contributed by atoms with E-state index >= 15 is 0 Å². The molecule has 2 N–H and O–H groups in total. The molecule has 0 spiro atoms. The van der Waals surface area contributed by atoms with Crippen molar-refractivity contribution < 1.29 is 14.7 Å². The van der Waals surface area contributed by atoms with Crippen LogP contribution in [-0.2, 0) is 4.79 Å². The van der Waals surface area contributed by atoms with Crippen LogP contribution in [0.5, 0.6) is 0 Å². The van der Waals surface area contributed by atoms with Crippen LogP contribution in [0, 0.1) is 0 Å². The molecule has 1 fully saturated rings. The number of halogens is 1. The van der Waals surface area contributed by atoms with Gasteiger partial charge in [-0.25, -0.2) is 4.79 Å². The maximum absolute atomic E-state index is 13.0. The number of nitrogens with one attached hydrogen (secondary N) is 1. The molecule has 2 aliphatic heterocycles. The fourth-order valence-electron chi connectivity index (χ4n) is 4.33. The predicted octanol–water partition coefficient (Wildman–Crippen LogP) is 3.46. The Morgan fingerprint density at radius 2 is 1.89 bits per heavy atom. The molecule has 2 aromatic rings. The van der Waals surface area contributed by atoms with Gasteiger partial charge in [0.25, 0.3) is 0 Å². The molecule has 4 rings (SSSR count). The number of amides is 3.